The lowest BCUT2D eigenvalue weighted by Gasteiger charge is -2.39. The second-order valence-corrected chi connectivity index (χ2v) is 6.24. The quantitative estimate of drug-likeness (QED) is 0.817. The van der Waals surface area contributed by atoms with E-state index < -0.39 is 0 Å². The maximum atomic E-state index is 5.98. The van der Waals surface area contributed by atoms with Gasteiger partial charge in [0, 0.05) is 19.6 Å². The van der Waals surface area contributed by atoms with Crippen molar-refractivity contribution in [3.63, 3.8) is 0 Å². The summed E-state index contributed by atoms with van der Waals surface area (Å²) in [6.45, 7) is 4.22. The molecule has 3 heterocycles. The third-order valence-corrected chi connectivity index (χ3v) is 4.60. The summed E-state index contributed by atoms with van der Waals surface area (Å²) >= 11 is 0. The molecule has 1 aromatic carbocycles. The van der Waals surface area contributed by atoms with Gasteiger partial charge in [0.2, 0.25) is 5.95 Å². The van der Waals surface area contributed by atoms with Gasteiger partial charge in [-0.1, -0.05) is 17.2 Å². The van der Waals surface area contributed by atoms with Crippen molar-refractivity contribution < 1.29 is 14.2 Å². The molecule has 0 amide bonds. The molecule has 0 aliphatic carbocycles. The molecule has 1 aromatic heterocycles. The van der Waals surface area contributed by atoms with Crippen LogP contribution in [0.15, 0.2) is 24.3 Å². The number of morpholine rings is 1. The Kier molecular flexibility index (Phi) is 4.07. The zero-order chi connectivity index (χ0) is 16.4. The van der Waals surface area contributed by atoms with Crippen molar-refractivity contribution in [1.82, 2.24) is 20.2 Å². The summed E-state index contributed by atoms with van der Waals surface area (Å²) in [6.07, 6.45) is 0.920. The molecule has 0 bridgehead atoms. The fraction of sp³-hybridized carbons (Fsp3) is 0.562. The first kappa shape index (κ1) is 15.3. The minimum atomic E-state index is -0.213. The van der Waals surface area contributed by atoms with Gasteiger partial charge in [-0.05, 0) is 28.1 Å². The van der Waals surface area contributed by atoms with Crippen LogP contribution in [0.5, 0.6) is 5.75 Å². The highest BCUT2D eigenvalue weighted by Gasteiger charge is 2.41. The lowest BCUT2D eigenvalue weighted by molar-refractivity contribution is -0.0584. The van der Waals surface area contributed by atoms with Crippen LogP contribution in [0.3, 0.4) is 0 Å². The standard InChI is InChI=1S/C16H21N5O3/c1-22-14-4-2-13(3-5-14)10-21-15(17-18-19-21)20-7-9-24-16(11-20)6-8-23-12-16/h2-5H,6-12H2,1H3. The molecule has 0 radical (unpaired) electrons. The summed E-state index contributed by atoms with van der Waals surface area (Å²) in [6, 6.07) is 7.93. The fourth-order valence-electron chi connectivity index (χ4n) is 3.28. The highest BCUT2D eigenvalue weighted by atomic mass is 16.6. The van der Waals surface area contributed by atoms with Crippen LogP contribution in [-0.2, 0) is 16.0 Å². The summed E-state index contributed by atoms with van der Waals surface area (Å²) < 4.78 is 18.5. The van der Waals surface area contributed by atoms with Gasteiger partial charge in [0.25, 0.3) is 0 Å². The van der Waals surface area contributed by atoms with Gasteiger partial charge < -0.3 is 19.1 Å². The smallest absolute Gasteiger partial charge is 0.246 e. The van der Waals surface area contributed by atoms with Crippen LogP contribution < -0.4 is 9.64 Å². The molecular formula is C16H21N5O3. The molecule has 8 nitrogen and oxygen atoms in total. The van der Waals surface area contributed by atoms with E-state index in [1.807, 2.05) is 28.9 Å². The first-order chi connectivity index (χ1) is 11.8. The Hall–Kier alpha value is -2.19. The number of anilines is 1. The van der Waals surface area contributed by atoms with Gasteiger partial charge in [0.1, 0.15) is 11.4 Å². The number of benzene rings is 1. The molecule has 1 atom stereocenters. The van der Waals surface area contributed by atoms with Gasteiger partial charge in [-0.15, -0.1) is 0 Å². The van der Waals surface area contributed by atoms with Crippen molar-refractivity contribution in [3.05, 3.63) is 29.8 Å². The molecular weight excluding hydrogens is 310 g/mol. The zero-order valence-electron chi connectivity index (χ0n) is 13.7. The van der Waals surface area contributed by atoms with E-state index in [4.69, 9.17) is 14.2 Å². The molecule has 2 aliphatic heterocycles. The number of ether oxygens (including phenoxy) is 3. The first-order valence-corrected chi connectivity index (χ1v) is 8.14. The molecule has 2 saturated heterocycles. The summed E-state index contributed by atoms with van der Waals surface area (Å²) in [7, 11) is 1.66. The molecule has 128 valence electrons. The van der Waals surface area contributed by atoms with Crippen molar-refractivity contribution in [1.29, 1.82) is 0 Å². The van der Waals surface area contributed by atoms with E-state index in [0.717, 1.165) is 43.4 Å². The molecule has 8 heteroatoms. The molecule has 1 unspecified atom stereocenters. The summed E-state index contributed by atoms with van der Waals surface area (Å²) in [5, 5.41) is 12.3. The third kappa shape index (κ3) is 2.94. The number of tetrazole rings is 1. The lowest BCUT2D eigenvalue weighted by atomic mass is 10.0. The van der Waals surface area contributed by atoms with E-state index in [0.29, 0.717) is 19.8 Å². The molecule has 0 saturated carbocycles. The Morgan fingerprint density at radius 1 is 1.25 bits per heavy atom. The minimum Gasteiger partial charge on any atom is -0.497 e. The Labute approximate surface area is 140 Å². The van der Waals surface area contributed by atoms with Crippen molar-refractivity contribution in [3.8, 4) is 5.75 Å². The number of nitrogens with zero attached hydrogens (tertiary/aromatic N) is 5. The number of aromatic nitrogens is 4. The van der Waals surface area contributed by atoms with E-state index >= 15 is 0 Å². The highest BCUT2D eigenvalue weighted by molar-refractivity contribution is 5.33. The van der Waals surface area contributed by atoms with Gasteiger partial charge in [-0.3, -0.25) is 0 Å². The normalized spacial score (nSPS) is 23.8. The van der Waals surface area contributed by atoms with Gasteiger partial charge in [0.15, 0.2) is 0 Å². The monoisotopic (exact) mass is 331 g/mol. The second-order valence-electron chi connectivity index (χ2n) is 6.24. The average molecular weight is 331 g/mol. The molecule has 24 heavy (non-hydrogen) atoms. The number of rotatable bonds is 4. The predicted molar refractivity (Wildman–Crippen MR) is 86.2 cm³/mol. The van der Waals surface area contributed by atoms with Gasteiger partial charge in [-0.25, -0.2) is 4.68 Å². The Morgan fingerprint density at radius 2 is 2.12 bits per heavy atom. The maximum absolute atomic E-state index is 5.98. The number of hydrogen-bond acceptors (Lipinski definition) is 7. The van der Waals surface area contributed by atoms with Crippen molar-refractivity contribution >= 4 is 5.95 Å². The fourth-order valence-corrected chi connectivity index (χ4v) is 3.28. The molecule has 2 fully saturated rings. The van der Waals surface area contributed by atoms with E-state index in [-0.39, 0.29) is 5.60 Å². The van der Waals surface area contributed by atoms with Gasteiger partial charge >= 0.3 is 0 Å². The Morgan fingerprint density at radius 3 is 2.88 bits per heavy atom. The first-order valence-electron chi connectivity index (χ1n) is 8.14. The van der Waals surface area contributed by atoms with Gasteiger partial charge in [-0.2, -0.15) is 0 Å². The van der Waals surface area contributed by atoms with Crippen LogP contribution >= 0.6 is 0 Å². The lowest BCUT2D eigenvalue weighted by Crippen LogP contribution is -2.53. The van der Waals surface area contributed by atoms with Gasteiger partial charge in [0.05, 0.1) is 33.4 Å². The Balaban J connectivity index is 1.51. The van der Waals surface area contributed by atoms with E-state index in [2.05, 4.69) is 20.4 Å². The topological polar surface area (TPSA) is 74.5 Å². The SMILES string of the molecule is COc1ccc(Cn2nnnc2N2CCOC3(CCOC3)C2)cc1. The number of hydrogen-bond donors (Lipinski definition) is 0. The maximum Gasteiger partial charge on any atom is 0.246 e. The van der Waals surface area contributed by atoms with E-state index in [1.54, 1.807) is 7.11 Å². The van der Waals surface area contributed by atoms with Crippen LogP contribution in [-0.4, -0.2) is 65.8 Å². The van der Waals surface area contributed by atoms with Crippen LogP contribution in [0.2, 0.25) is 0 Å². The second kappa shape index (κ2) is 6.37. The molecule has 4 rings (SSSR count). The van der Waals surface area contributed by atoms with Crippen molar-refractivity contribution in [2.45, 2.75) is 18.6 Å². The van der Waals surface area contributed by atoms with Crippen LogP contribution in [0.25, 0.3) is 0 Å². The predicted octanol–water partition coefficient (Wildman–Crippen LogP) is 0.726. The van der Waals surface area contributed by atoms with Crippen LogP contribution in [0.4, 0.5) is 5.95 Å². The average Bonchev–Trinajstić information content (AvgIpc) is 3.26. The van der Waals surface area contributed by atoms with Crippen molar-refractivity contribution in [2.75, 3.05) is 44.9 Å². The van der Waals surface area contributed by atoms with E-state index in [9.17, 15) is 0 Å². The zero-order valence-corrected chi connectivity index (χ0v) is 13.7. The van der Waals surface area contributed by atoms with Crippen molar-refractivity contribution in [2.24, 2.45) is 0 Å². The van der Waals surface area contributed by atoms with Crippen LogP contribution in [0, 0.1) is 0 Å². The summed E-state index contributed by atoms with van der Waals surface area (Å²) in [5.41, 5.74) is 0.909. The van der Waals surface area contributed by atoms with Crippen LogP contribution in [0.1, 0.15) is 12.0 Å². The highest BCUT2D eigenvalue weighted by Crippen LogP contribution is 2.29. The molecule has 2 aliphatic rings. The molecule has 2 aromatic rings. The third-order valence-electron chi connectivity index (χ3n) is 4.60. The van der Waals surface area contributed by atoms with E-state index in [1.165, 1.54) is 0 Å². The minimum absolute atomic E-state index is 0.213. The number of methoxy groups -OCH3 is 1. The molecule has 0 N–H and O–H groups in total. The summed E-state index contributed by atoms with van der Waals surface area (Å²) in [4.78, 5) is 2.20. The molecule has 1 spiro atoms. The Bertz CT molecular complexity index is 681. The summed E-state index contributed by atoms with van der Waals surface area (Å²) in [5.74, 6) is 1.62. The largest absolute Gasteiger partial charge is 0.497 e.